The van der Waals surface area contributed by atoms with E-state index in [9.17, 15) is 4.79 Å². The van der Waals surface area contributed by atoms with Crippen molar-refractivity contribution in [3.05, 3.63) is 40.0 Å². The van der Waals surface area contributed by atoms with Gasteiger partial charge in [-0.15, -0.1) is 0 Å². The molecule has 2 aromatic rings. The Morgan fingerprint density at radius 3 is 2.86 bits per heavy atom. The van der Waals surface area contributed by atoms with E-state index in [-0.39, 0.29) is 5.91 Å². The third kappa shape index (κ3) is 4.48. The number of amides is 1. The lowest BCUT2D eigenvalue weighted by Gasteiger charge is -2.26. The van der Waals surface area contributed by atoms with E-state index in [0.29, 0.717) is 22.3 Å². The Bertz CT molecular complexity index is 843. The van der Waals surface area contributed by atoms with E-state index in [1.54, 1.807) is 12.1 Å². The number of carbonyl (C=O) groups is 1. The van der Waals surface area contributed by atoms with Crippen LogP contribution >= 0.6 is 11.6 Å². The summed E-state index contributed by atoms with van der Waals surface area (Å²) in [5.74, 6) is 0.949. The molecule has 1 saturated heterocycles. The molecule has 4 rings (SSSR count). The summed E-state index contributed by atoms with van der Waals surface area (Å²) in [6.45, 7) is 7.23. The van der Waals surface area contributed by atoms with Gasteiger partial charge < -0.3 is 15.4 Å². The third-order valence-electron chi connectivity index (χ3n) is 5.34. The second-order valence-electron chi connectivity index (χ2n) is 7.41. The fourth-order valence-electron chi connectivity index (χ4n) is 3.46. The normalized spacial score (nSPS) is 17.5. The highest BCUT2D eigenvalue weighted by molar-refractivity contribution is 6.33. The minimum atomic E-state index is -0.210. The van der Waals surface area contributed by atoms with E-state index in [4.69, 9.17) is 16.3 Å². The SMILES string of the molecule is Cc1c(NC(=O)c2ccc(NCCN3CCOCC3)c(Cl)c2)n[nH]c1C1CC1. The zero-order valence-corrected chi connectivity index (χ0v) is 16.8. The van der Waals surface area contributed by atoms with Crippen LogP contribution in [-0.2, 0) is 4.74 Å². The maximum atomic E-state index is 12.6. The molecule has 0 bridgehead atoms. The summed E-state index contributed by atoms with van der Waals surface area (Å²) in [7, 11) is 0. The zero-order valence-electron chi connectivity index (χ0n) is 16.1. The van der Waals surface area contributed by atoms with Crippen LogP contribution in [0.3, 0.4) is 0 Å². The predicted molar refractivity (Wildman–Crippen MR) is 110 cm³/mol. The molecule has 2 fully saturated rings. The standard InChI is InChI=1S/C20H26ClN5O2/c1-13-18(14-2-3-14)24-25-19(13)23-20(27)15-4-5-17(16(21)12-15)22-6-7-26-8-10-28-11-9-26/h4-5,12,14,22H,2-3,6-11H2,1H3,(H2,23,24,25,27). The Kier molecular flexibility index (Phi) is 5.85. The largest absolute Gasteiger partial charge is 0.383 e. The van der Waals surface area contributed by atoms with Crippen molar-refractivity contribution in [2.75, 3.05) is 50.0 Å². The average Bonchev–Trinajstić information content (AvgIpc) is 3.48. The lowest BCUT2D eigenvalue weighted by atomic mass is 10.1. The summed E-state index contributed by atoms with van der Waals surface area (Å²) in [6.07, 6.45) is 2.37. The lowest BCUT2D eigenvalue weighted by molar-refractivity contribution is 0.0398. The maximum absolute atomic E-state index is 12.6. The average molecular weight is 404 g/mol. The van der Waals surface area contributed by atoms with Crippen molar-refractivity contribution in [3.8, 4) is 0 Å². The zero-order chi connectivity index (χ0) is 19.5. The molecule has 150 valence electrons. The molecule has 0 atom stereocenters. The van der Waals surface area contributed by atoms with Crippen LogP contribution in [-0.4, -0.2) is 60.4 Å². The van der Waals surface area contributed by atoms with E-state index >= 15 is 0 Å². The minimum absolute atomic E-state index is 0.210. The van der Waals surface area contributed by atoms with Gasteiger partial charge >= 0.3 is 0 Å². The summed E-state index contributed by atoms with van der Waals surface area (Å²) in [5.41, 5.74) is 3.49. The first-order valence-corrected chi connectivity index (χ1v) is 10.2. The quantitative estimate of drug-likeness (QED) is 0.661. The number of H-pyrrole nitrogens is 1. The molecule has 1 aromatic heterocycles. The molecule has 8 heteroatoms. The van der Waals surface area contributed by atoms with Crippen LogP contribution in [0.4, 0.5) is 11.5 Å². The monoisotopic (exact) mass is 403 g/mol. The van der Waals surface area contributed by atoms with Crippen molar-refractivity contribution in [1.82, 2.24) is 15.1 Å². The van der Waals surface area contributed by atoms with Gasteiger partial charge in [0.05, 0.1) is 23.9 Å². The first-order valence-electron chi connectivity index (χ1n) is 9.81. The van der Waals surface area contributed by atoms with Crippen LogP contribution in [0.5, 0.6) is 0 Å². The molecule has 1 amide bonds. The van der Waals surface area contributed by atoms with Gasteiger partial charge in [0.25, 0.3) is 5.91 Å². The van der Waals surface area contributed by atoms with Gasteiger partial charge in [-0.25, -0.2) is 0 Å². The van der Waals surface area contributed by atoms with Crippen molar-refractivity contribution < 1.29 is 9.53 Å². The number of hydrogen-bond donors (Lipinski definition) is 3. The van der Waals surface area contributed by atoms with E-state index in [2.05, 4.69) is 25.7 Å². The smallest absolute Gasteiger partial charge is 0.256 e. The molecule has 1 aliphatic heterocycles. The highest BCUT2D eigenvalue weighted by atomic mass is 35.5. The minimum Gasteiger partial charge on any atom is -0.383 e. The van der Waals surface area contributed by atoms with E-state index < -0.39 is 0 Å². The van der Waals surface area contributed by atoms with Gasteiger partial charge in [0.15, 0.2) is 5.82 Å². The van der Waals surface area contributed by atoms with E-state index in [1.807, 2.05) is 13.0 Å². The number of benzene rings is 1. The molecular weight excluding hydrogens is 378 g/mol. The van der Waals surface area contributed by atoms with Gasteiger partial charge in [-0.3, -0.25) is 14.8 Å². The number of anilines is 2. The number of aromatic nitrogens is 2. The lowest BCUT2D eigenvalue weighted by Crippen LogP contribution is -2.39. The number of carbonyl (C=O) groups excluding carboxylic acids is 1. The Labute approximate surface area is 169 Å². The van der Waals surface area contributed by atoms with Crippen LogP contribution in [0.15, 0.2) is 18.2 Å². The maximum Gasteiger partial charge on any atom is 0.256 e. The molecule has 0 spiro atoms. The fourth-order valence-corrected chi connectivity index (χ4v) is 3.70. The first kappa shape index (κ1) is 19.2. The molecule has 2 heterocycles. The van der Waals surface area contributed by atoms with Crippen molar-refractivity contribution in [2.24, 2.45) is 0 Å². The van der Waals surface area contributed by atoms with Gasteiger partial charge in [-0.1, -0.05) is 11.6 Å². The number of aromatic amines is 1. The third-order valence-corrected chi connectivity index (χ3v) is 5.66. The molecular formula is C20H26ClN5O2. The number of nitrogens with zero attached hydrogens (tertiary/aromatic N) is 2. The van der Waals surface area contributed by atoms with Crippen LogP contribution in [0.1, 0.15) is 40.4 Å². The summed E-state index contributed by atoms with van der Waals surface area (Å²) < 4.78 is 5.36. The molecule has 7 nitrogen and oxygen atoms in total. The van der Waals surface area contributed by atoms with E-state index in [0.717, 1.165) is 56.3 Å². The second-order valence-corrected chi connectivity index (χ2v) is 7.82. The van der Waals surface area contributed by atoms with Crippen molar-refractivity contribution in [2.45, 2.75) is 25.7 Å². The van der Waals surface area contributed by atoms with Crippen LogP contribution in [0.25, 0.3) is 0 Å². The van der Waals surface area contributed by atoms with Crippen LogP contribution < -0.4 is 10.6 Å². The molecule has 3 N–H and O–H groups in total. The number of rotatable bonds is 7. The highest BCUT2D eigenvalue weighted by Crippen LogP contribution is 2.41. The summed E-state index contributed by atoms with van der Waals surface area (Å²) >= 11 is 6.39. The van der Waals surface area contributed by atoms with Gasteiger partial charge in [-0.2, -0.15) is 5.10 Å². The van der Waals surface area contributed by atoms with Gasteiger partial charge in [0.2, 0.25) is 0 Å². The summed E-state index contributed by atoms with van der Waals surface area (Å²) in [6, 6.07) is 5.32. The number of halogens is 1. The summed E-state index contributed by atoms with van der Waals surface area (Å²) in [5, 5.41) is 14.1. The molecule has 0 unspecified atom stereocenters. The van der Waals surface area contributed by atoms with Gasteiger partial charge in [0, 0.05) is 48.9 Å². The van der Waals surface area contributed by atoms with Crippen molar-refractivity contribution in [1.29, 1.82) is 0 Å². The number of nitrogens with one attached hydrogen (secondary N) is 3. The molecule has 0 radical (unpaired) electrons. The fraction of sp³-hybridized carbons (Fsp3) is 0.500. The van der Waals surface area contributed by atoms with Crippen molar-refractivity contribution in [3.63, 3.8) is 0 Å². The Balaban J connectivity index is 1.33. The second kappa shape index (κ2) is 8.51. The molecule has 1 aromatic carbocycles. The topological polar surface area (TPSA) is 82.3 Å². The van der Waals surface area contributed by atoms with Crippen LogP contribution in [0, 0.1) is 6.92 Å². The number of ether oxygens (including phenoxy) is 1. The summed E-state index contributed by atoms with van der Waals surface area (Å²) in [4.78, 5) is 14.9. The molecule has 2 aliphatic rings. The number of hydrogen-bond acceptors (Lipinski definition) is 5. The van der Waals surface area contributed by atoms with Gasteiger partial charge in [-0.05, 0) is 38.0 Å². The Morgan fingerprint density at radius 1 is 1.36 bits per heavy atom. The van der Waals surface area contributed by atoms with Crippen molar-refractivity contribution >= 4 is 29.0 Å². The Morgan fingerprint density at radius 2 is 2.14 bits per heavy atom. The number of morpholine rings is 1. The Hall–Kier alpha value is -2.09. The van der Waals surface area contributed by atoms with Crippen LogP contribution in [0.2, 0.25) is 5.02 Å². The van der Waals surface area contributed by atoms with Gasteiger partial charge in [0.1, 0.15) is 0 Å². The molecule has 28 heavy (non-hydrogen) atoms. The predicted octanol–water partition coefficient (Wildman–Crippen LogP) is 3.25. The molecule has 1 saturated carbocycles. The molecule has 1 aliphatic carbocycles. The highest BCUT2D eigenvalue weighted by Gasteiger charge is 2.28. The first-order chi connectivity index (χ1) is 13.6. The van der Waals surface area contributed by atoms with E-state index in [1.165, 1.54) is 12.8 Å².